The van der Waals surface area contributed by atoms with Crippen LogP contribution < -0.4 is 5.32 Å². The van der Waals surface area contributed by atoms with Crippen molar-refractivity contribution in [2.45, 2.75) is 13.0 Å². The van der Waals surface area contributed by atoms with E-state index in [0.717, 1.165) is 10.0 Å². The Morgan fingerprint density at radius 2 is 2.21 bits per heavy atom. The van der Waals surface area contributed by atoms with E-state index in [4.69, 9.17) is 5.11 Å². The number of carboxylic acids is 1. The molecule has 0 aliphatic heterocycles. The Morgan fingerprint density at radius 3 is 2.64 bits per heavy atom. The third-order valence-corrected chi connectivity index (χ3v) is 2.83. The molecule has 0 aromatic heterocycles. The summed E-state index contributed by atoms with van der Waals surface area (Å²) >= 11 is 3.35. The van der Waals surface area contributed by atoms with Gasteiger partial charge < -0.3 is 10.4 Å². The molecule has 0 aliphatic rings. The maximum absolute atomic E-state index is 10.7. The van der Waals surface area contributed by atoms with Gasteiger partial charge in [-0.2, -0.15) is 0 Å². The molecule has 1 rings (SSSR count). The van der Waals surface area contributed by atoms with Gasteiger partial charge in [-0.15, -0.1) is 0 Å². The number of rotatable bonds is 3. The molecule has 3 nitrogen and oxygen atoms in total. The molecule has 0 radical (unpaired) electrons. The topological polar surface area (TPSA) is 49.3 Å². The third kappa shape index (κ3) is 2.33. The van der Waals surface area contributed by atoms with Gasteiger partial charge in [0.1, 0.15) is 0 Å². The standard InChI is InChI=1S/C10H12BrNO2/c1-6(12-2)8-4-3-7(10(13)14)5-9(8)11/h3-6,12H,1-2H3,(H,13,14). The lowest BCUT2D eigenvalue weighted by Crippen LogP contribution is -2.13. The zero-order valence-electron chi connectivity index (χ0n) is 8.04. The van der Waals surface area contributed by atoms with E-state index in [2.05, 4.69) is 21.2 Å². The van der Waals surface area contributed by atoms with Gasteiger partial charge in [0.2, 0.25) is 0 Å². The highest BCUT2D eigenvalue weighted by atomic mass is 79.9. The Kier molecular flexibility index (Phi) is 3.66. The average Bonchev–Trinajstić information content (AvgIpc) is 2.16. The first-order valence-electron chi connectivity index (χ1n) is 4.26. The van der Waals surface area contributed by atoms with Gasteiger partial charge in [-0.25, -0.2) is 4.79 Å². The molecule has 2 N–H and O–H groups in total. The number of nitrogens with one attached hydrogen (secondary N) is 1. The Hall–Kier alpha value is -0.870. The van der Waals surface area contributed by atoms with Crippen LogP contribution in [0.4, 0.5) is 0 Å². The van der Waals surface area contributed by atoms with E-state index in [1.165, 1.54) is 0 Å². The lowest BCUT2D eigenvalue weighted by Gasteiger charge is -2.12. The molecule has 4 heteroatoms. The molecule has 0 heterocycles. The van der Waals surface area contributed by atoms with Gasteiger partial charge in [0.05, 0.1) is 5.56 Å². The van der Waals surface area contributed by atoms with Crippen molar-refractivity contribution in [1.82, 2.24) is 5.32 Å². The van der Waals surface area contributed by atoms with Gasteiger partial charge in [0.15, 0.2) is 0 Å². The fourth-order valence-corrected chi connectivity index (χ4v) is 1.89. The average molecular weight is 258 g/mol. The van der Waals surface area contributed by atoms with Crippen molar-refractivity contribution in [3.05, 3.63) is 33.8 Å². The van der Waals surface area contributed by atoms with Crippen molar-refractivity contribution in [3.8, 4) is 0 Å². The van der Waals surface area contributed by atoms with Crippen LogP contribution in [0.1, 0.15) is 28.9 Å². The fourth-order valence-electron chi connectivity index (χ4n) is 1.17. The predicted octanol–water partition coefficient (Wildman–Crippen LogP) is 2.43. The Bertz CT molecular complexity index is 352. The van der Waals surface area contributed by atoms with Crippen molar-refractivity contribution in [2.24, 2.45) is 0 Å². The first-order chi connectivity index (χ1) is 6.56. The molecule has 0 bridgehead atoms. The van der Waals surface area contributed by atoms with E-state index < -0.39 is 5.97 Å². The van der Waals surface area contributed by atoms with Crippen LogP contribution in [-0.2, 0) is 0 Å². The number of carbonyl (C=O) groups is 1. The maximum atomic E-state index is 10.7. The van der Waals surface area contributed by atoms with Crippen LogP contribution in [0.2, 0.25) is 0 Å². The molecule has 1 aromatic rings. The molecule has 1 atom stereocenters. The highest BCUT2D eigenvalue weighted by Crippen LogP contribution is 2.24. The summed E-state index contributed by atoms with van der Waals surface area (Å²) in [7, 11) is 1.86. The summed E-state index contributed by atoms with van der Waals surface area (Å²) in [6.45, 7) is 2.01. The summed E-state index contributed by atoms with van der Waals surface area (Å²) in [6, 6.07) is 5.24. The van der Waals surface area contributed by atoms with Gasteiger partial charge in [-0.05, 0) is 31.7 Å². The van der Waals surface area contributed by atoms with Gasteiger partial charge >= 0.3 is 5.97 Å². The SMILES string of the molecule is CNC(C)c1ccc(C(=O)O)cc1Br. The fraction of sp³-hybridized carbons (Fsp3) is 0.300. The maximum Gasteiger partial charge on any atom is 0.335 e. The second-order valence-corrected chi connectivity index (χ2v) is 3.91. The lowest BCUT2D eigenvalue weighted by molar-refractivity contribution is 0.0697. The monoisotopic (exact) mass is 257 g/mol. The van der Waals surface area contributed by atoms with Crippen molar-refractivity contribution in [2.75, 3.05) is 7.05 Å². The Labute approximate surface area is 91.3 Å². The van der Waals surface area contributed by atoms with E-state index >= 15 is 0 Å². The minimum absolute atomic E-state index is 0.201. The summed E-state index contributed by atoms with van der Waals surface area (Å²) in [5.41, 5.74) is 1.35. The number of benzene rings is 1. The van der Waals surface area contributed by atoms with Gasteiger partial charge in [0, 0.05) is 10.5 Å². The Balaban J connectivity index is 3.07. The summed E-state index contributed by atoms with van der Waals surface area (Å²) in [5.74, 6) is -0.908. The molecule has 76 valence electrons. The van der Waals surface area contributed by atoms with Crippen LogP contribution in [0.5, 0.6) is 0 Å². The summed E-state index contributed by atoms with van der Waals surface area (Å²) in [4.78, 5) is 10.7. The highest BCUT2D eigenvalue weighted by molar-refractivity contribution is 9.10. The predicted molar refractivity (Wildman–Crippen MR) is 58.6 cm³/mol. The van der Waals surface area contributed by atoms with Crippen LogP contribution >= 0.6 is 15.9 Å². The number of hydrogen-bond donors (Lipinski definition) is 2. The van der Waals surface area contributed by atoms with E-state index in [1.54, 1.807) is 12.1 Å². The normalized spacial score (nSPS) is 12.5. The molecular weight excluding hydrogens is 246 g/mol. The quantitative estimate of drug-likeness (QED) is 0.875. The molecule has 1 unspecified atom stereocenters. The van der Waals surface area contributed by atoms with E-state index in [1.807, 2.05) is 20.0 Å². The summed E-state index contributed by atoms with van der Waals surface area (Å²) < 4.78 is 0.819. The minimum Gasteiger partial charge on any atom is -0.478 e. The van der Waals surface area contributed by atoms with Crippen molar-refractivity contribution in [1.29, 1.82) is 0 Å². The smallest absolute Gasteiger partial charge is 0.335 e. The molecule has 14 heavy (non-hydrogen) atoms. The van der Waals surface area contributed by atoms with Gasteiger partial charge in [-0.3, -0.25) is 0 Å². The number of aromatic carboxylic acids is 1. The highest BCUT2D eigenvalue weighted by Gasteiger charge is 2.10. The second-order valence-electron chi connectivity index (χ2n) is 3.05. The second kappa shape index (κ2) is 4.57. The van der Waals surface area contributed by atoms with E-state index in [9.17, 15) is 4.79 Å². The lowest BCUT2D eigenvalue weighted by atomic mass is 10.1. The number of halogens is 1. The van der Waals surface area contributed by atoms with Crippen molar-refractivity contribution < 1.29 is 9.90 Å². The molecule has 0 spiro atoms. The molecule has 0 amide bonds. The Morgan fingerprint density at radius 1 is 1.57 bits per heavy atom. The van der Waals surface area contributed by atoms with Crippen LogP contribution in [0.25, 0.3) is 0 Å². The zero-order chi connectivity index (χ0) is 10.7. The first-order valence-corrected chi connectivity index (χ1v) is 5.05. The molecule has 0 saturated carbocycles. The molecule has 0 aliphatic carbocycles. The summed E-state index contributed by atoms with van der Waals surface area (Å²) in [5, 5.41) is 11.9. The molecule has 1 aromatic carbocycles. The third-order valence-electron chi connectivity index (χ3n) is 2.15. The van der Waals surface area contributed by atoms with Crippen LogP contribution in [0.3, 0.4) is 0 Å². The van der Waals surface area contributed by atoms with Crippen LogP contribution in [0, 0.1) is 0 Å². The summed E-state index contributed by atoms with van der Waals surface area (Å²) in [6.07, 6.45) is 0. The molecule has 0 fully saturated rings. The van der Waals surface area contributed by atoms with Crippen molar-refractivity contribution in [3.63, 3.8) is 0 Å². The van der Waals surface area contributed by atoms with E-state index in [-0.39, 0.29) is 6.04 Å². The van der Waals surface area contributed by atoms with Gasteiger partial charge in [-0.1, -0.05) is 22.0 Å². The van der Waals surface area contributed by atoms with Crippen LogP contribution in [-0.4, -0.2) is 18.1 Å². The first kappa shape index (κ1) is 11.2. The van der Waals surface area contributed by atoms with E-state index in [0.29, 0.717) is 5.56 Å². The van der Waals surface area contributed by atoms with Gasteiger partial charge in [0.25, 0.3) is 0 Å². The largest absolute Gasteiger partial charge is 0.478 e. The number of hydrogen-bond acceptors (Lipinski definition) is 2. The van der Waals surface area contributed by atoms with Crippen molar-refractivity contribution >= 4 is 21.9 Å². The molecular formula is C10H12BrNO2. The number of carboxylic acid groups (broad SMARTS) is 1. The minimum atomic E-state index is -0.908. The van der Waals surface area contributed by atoms with Crippen LogP contribution in [0.15, 0.2) is 22.7 Å². The molecule has 0 saturated heterocycles. The zero-order valence-corrected chi connectivity index (χ0v) is 9.63.